The molecule has 0 aliphatic carbocycles. The van der Waals surface area contributed by atoms with Crippen LogP contribution in [0.2, 0.25) is 0 Å². The van der Waals surface area contributed by atoms with E-state index in [9.17, 15) is 22.4 Å². The minimum absolute atomic E-state index is 0.141. The number of nitrogens with two attached hydrogens (primary N) is 1. The van der Waals surface area contributed by atoms with Gasteiger partial charge in [-0.2, -0.15) is 13.8 Å². The fourth-order valence-electron chi connectivity index (χ4n) is 2.20. The Balaban J connectivity index is 2.04. The highest BCUT2D eigenvalue weighted by molar-refractivity contribution is 5.90. The highest BCUT2D eigenvalue weighted by Crippen LogP contribution is 2.16. The van der Waals surface area contributed by atoms with Crippen molar-refractivity contribution in [2.45, 2.75) is 25.7 Å². The summed E-state index contributed by atoms with van der Waals surface area (Å²) in [6.45, 7) is 0.594. The van der Waals surface area contributed by atoms with E-state index in [1.54, 1.807) is 12.1 Å². The van der Waals surface area contributed by atoms with Crippen LogP contribution >= 0.6 is 0 Å². The Labute approximate surface area is 153 Å². The van der Waals surface area contributed by atoms with Crippen LogP contribution in [0.3, 0.4) is 0 Å². The third-order valence-corrected chi connectivity index (χ3v) is 3.61. The Kier molecular flexibility index (Phi) is 7.32. The van der Waals surface area contributed by atoms with Gasteiger partial charge in [0.05, 0.1) is 0 Å². The molecule has 1 aromatic carbocycles. The lowest BCUT2D eigenvalue weighted by Crippen LogP contribution is -2.11. The van der Waals surface area contributed by atoms with Crippen molar-refractivity contribution in [3.8, 4) is 11.8 Å². The van der Waals surface area contributed by atoms with Gasteiger partial charge in [-0.05, 0) is 43.7 Å². The Hall–Kier alpha value is -2.92. The van der Waals surface area contributed by atoms with Crippen LogP contribution in [0.25, 0.3) is 0 Å². The molecule has 0 aliphatic rings. The molecular weight excluding hydrogens is 362 g/mol. The standard InChI is InChI=1S/C19H17F4N3O/c20-16-14(17(21)19(23)26-18(16)22)10-7-12-5-8-13(9-6-12)25-15(27)4-2-1-3-11-24/h5-6,8-9H,1-4,11,24H2,(H,25,27). The van der Waals surface area contributed by atoms with Crippen LogP contribution in [0.4, 0.5) is 23.2 Å². The Bertz CT molecular complexity index is 847. The summed E-state index contributed by atoms with van der Waals surface area (Å²) < 4.78 is 53.1. The quantitative estimate of drug-likeness (QED) is 0.349. The lowest BCUT2D eigenvalue weighted by molar-refractivity contribution is -0.116. The Morgan fingerprint density at radius 1 is 0.963 bits per heavy atom. The maximum atomic E-state index is 13.5. The summed E-state index contributed by atoms with van der Waals surface area (Å²) in [5.41, 5.74) is 5.22. The fraction of sp³-hybridized carbons (Fsp3) is 0.263. The maximum Gasteiger partial charge on any atom is 0.253 e. The van der Waals surface area contributed by atoms with E-state index in [2.05, 4.69) is 22.1 Å². The number of nitrogens with one attached hydrogen (secondary N) is 1. The number of anilines is 1. The maximum absolute atomic E-state index is 13.5. The molecule has 1 heterocycles. The summed E-state index contributed by atoms with van der Waals surface area (Å²) in [6.07, 6.45) is 2.86. The van der Waals surface area contributed by atoms with Crippen molar-refractivity contribution in [2.75, 3.05) is 11.9 Å². The molecular formula is C19H17F4N3O. The summed E-state index contributed by atoms with van der Waals surface area (Å²) in [7, 11) is 0. The third kappa shape index (κ3) is 5.79. The number of rotatable bonds is 6. The minimum Gasteiger partial charge on any atom is -0.330 e. The van der Waals surface area contributed by atoms with Crippen LogP contribution in [-0.2, 0) is 4.79 Å². The third-order valence-electron chi connectivity index (χ3n) is 3.61. The van der Waals surface area contributed by atoms with E-state index in [-0.39, 0.29) is 5.91 Å². The average molecular weight is 379 g/mol. The monoisotopic (exact) mass is 379 g/mol. The molecule has 0 bridgehead atoms. The van der Waals surface area contributed by atoms with Crippen molar-refractivity contribution in [3.05, 3.63) is 58.9 Å². The van der Waals surface area contributed by atoms with Gasteiger partial charge in [0, 0.05) is 17.7 Å². The van der Waals surface area contributed by atoms with Crippen LogP contribution in [0.1, 0.15) is 36.8 Å². The number of aromatic nitrogens is 1. The highest BCUT2D eigenvalue weighted by Gasteiger charge is 2.19. The van der Waals surface area contributed by atoms with Crippen LogP contribution in [0.15, 0.2) is 24.3 Å². The van der Waals surface area contributed by atoms with Crippen molar-refractivity contribution in [1.82, 2.24) is 4.98 Å². The predicted octanol–water partition coefficient (Wildman–Crippen LogP) is 3.50. The number of carbonyl (C=O) groups is 1. The van der Waals surface area contributed by atoms with E-state index in [0.29, 0.717) is 24.2 Å². The molecule has 0 radical (unpaired) electrons. The minimum atomic E-state index is -1.76. The summed E-state index contributed by atoms with van der Waals surface area (Å²) in [4.78, 5) is 14.2. The number of hydrogen-bond acceptors (Lipinski definition) is 3. The lowest BCUT2D eigenvalue weighted by Gasteiger charge is -2.05. The zero-order valence-electron chi connectivity index (χ0n) is 14.3. The summed E-state index contributed by atoms with van der Waals surface area (Å²) in [6, 6.07) is 6.12. The molecule has 27 heavy (non-hydrogen) atoms. The molecule has 0 saturated carbocycles. The number of benzene rings is 1. The normalized spacial score (nSPS) is 10.3. The van der Waals surface area contributed by atoms with Crippen LogP contribution in [0, 0.1) is 35.4 Å². The first-order chi connectivity index (χ1) is 12.9. The predicted molar refractivity (Wildman–Crippen MR) is 92.6 cm³/mol. The number of halogens is 4. The molecule has 1 aromatic heterocycles. The van der Waals surface area contributed by atoms with Crippen LogP contribution < -0.4 is 11.1 Å². The van der Waals surface area contributed by atoms with Gasteiger partial charge in [-0.15, -0.1) is 0 Å². The van der Waals surface area contributed by atoms with E-state index in [1.807, 2.05) is 0 Å². The number of nitrogens with zero attached hydrogens (tertiary/aromatic N) is 1. The second-order valence-corrected chi connectivity index (χ2v) is 5.67. The summed E-state index contributed by atoms with van der Waals surface area (Å²) >= 11 is 0. The van der Waals surface area contributed by atoms with E-state index in [0.717, 1.165) is 19.3 Å². The molecule has 0 unspecified atom stereocenters. The second-order valence-electron chi connectivity index (χ2n) is 5.67. The van der Waals surface area contributed by atoms with Gasteiger partial charge in [0.15, 0.2) is 11.6 Å². The van der Waals surface area contributed by atoms with Gasteiger partial charge in [-0.25, -0.2) is 8.78 Å². The molecule has 3 N–H and O–H groups in total. The molecule has 2 rings (SSSR count). The molecule has 1 amide bonds. The SMILES string of the molecule is NCCCCCC(=O)Nc1ccc(C#Cc2c(F)c(F)nc(F)c2F)cc1. The van der Waals surface area contributed by atoms with Gasteiger partial charge < -0.3 is 11.1 Å². The van der Waals surface area contributed by atoms with Crippen LogP contribution in [-0.4, -0.2) is 17.4 Å². The second kappa shape index (κ2) is 9.69. The van der Waals surface area contributed by atoms with Crippen molar-refractivity contribution in [3.63, 3.8) is 0 Å². The smallest absolute Gasteiger partial charge is 0.253 e. The van der Waals surface area contributed by atoms with Gasteiger partial charge in [-0.1, -0.05) is 18.3 Å². The van der Waals surface area contributed by atoms with Crippen LogP contribution in [0.5, 0.6) is 0 Å². The number of unbranched alkanes of at least 4 members (excludes halogenated alkanes) is 2. The molecule has 0 spiro atoms. The van der Waals surface area contributed by atoms with Gasteiger partial charge in [0.2, 0.25) is 5.91 Å². The number of pyridine rings is 1. The molecule has 142 valence electrons. The zero-order valence-corrected chi connectivity index (χ0v) is 14.3. The summed E-state index contributed by atoms with van der Waals surface area (Å²) in [5, 5.41) is 2.71. The van der Waals surface area contributed by atoms with Gasteiger partial charge >= 0.3 is 0 Å². The first kappa shape index (κ1) is 20.4. The highest BCUT2D eigenvalue weighted by atomic mass is 19.2. The fourth-order valence-corrected chi connectivity index (χ4v) is 2.20. The lowest BCUT2D eigenvalue weighted by atomic mass is 10.1. The molecule has 0 saturated heterocycles. The van der Waals surface area contributed by atoms with E-state index < -0.39 is 29.1 Å². The molecule has 8 heteroatoms. The number of carbonyl (C=O) groups excluding carboxylic acids is 1. The average Bonchev–Trinajstić information content (AvgIpc) is 2.65. The van der Waals surface area contributed by atoms with Crippen molar-refractivity contribution in [2.24, 2.45) is 5.73 Å². The summed E-state index contributed by atoms with van der Waals surface area (Å²) in [5.74, 6) is -2.50. The first-order valence-electron chi connectivity index (χ1n) is 8.24. The molecule has 0 aliphatic heterocycles. The van der Waals surface area contributed by atoms with E-state index >= 15 is 0 Å². The number of hydrogen-bond donors (Lipinski definition) is 2. The topological polar surface area (TPSA) is 68.0 Å². The van der Waals surface area contributed by atoms with Gasteiger partial charge in [0.25, 0.3) is 11.9 Å². The Morgan fingerprint density at radius 2 is 1.59 bits per heavy atom. The number of amides is 1. The Morgan fingerprint density at radius 3 is 2.19 bits per heavy atom. The molecule has 4 nitrogen and oxygen atoms in total. The van der Waals surface area contributed by atoms with Crippen molar-refractivity contribution < 1.29 is 22.4 Å². The largest absolute Gasteiger partial charge is 0.330 e. The molecule has 0 atom stereocenters. The van der Waals surface area contributed by atoms with Crippen molar-refractivity contribution >= 4 is 11.6 Å². The van der Waals surface area contributed by atoms with Gasteiger partial charge in [-0.3, -0.25) is 4.79 Å². The zero-order chi connectivity index (χ0) is 19.8. The first-order valence-corrected chi connectivity index (χ1v) is 8.24. The van der Waals surface area contributed by atoms with Gasteiger partial charge in [0.1, 0.15) is 5.56 Å². The molecule has 0 fully saturated rings. The van der Waals surface area contributed by atoms with E-state index in [1.165, 1.54) is 12.1 Å². The van der Waals surface area contributed by atoms with E-state index in [4.69, 9.17) is 5.73 Å². The molecule has 2 aromatic rings. The van der Waals surface area contributed by atoms with Crippen molar-refractivity contribution in [1.29, 1.82) is 0 Å².